The zero-order valence-corrected chi connectivity index (χ0v) is 11.9. The first-order valence-electron chi connectivity index (χ1n) is 6.75. The van der Waals surface area contributed by atoms with E-state index < -0.39 is 11.7 Å². The Balaban J connectivity index is 1.95. The topological polar surface area (TPSA) is 91.8 Å². The third kappa shape index (κ3) is 2.80. The second-order valence-electron chi connectivity index (χ2n) is 4.87. The van der Waals surface area contributed by atoms with E-state index in [9.17, 15) is 9.18 Å². The van der Waals surface area contributed by atoms with Gasteiger partial charge in [-0.05, 0) is 30.3 Å². The number of nitriles is 1. The first-order valence-corrected chi connectivity index (χ1v) is 6.75. The quantitative estimate of drug-likeness (QED) is 0.761. The van der Waals surface area contributed by atoms with Gasteiger partial charge in [-0.2, -0.15) is 5.26 Å². The first kappa shape index (κ1) is 14.5. The van der Waals surface area contributed by atoms with Crippen molar-refractivity contribution in [2.24, 2.45) is 0 Å². The van der Waals surface area contributed by atoms with Gasteiger partial charge in [-0.1, -0.05) is 18.2 Å². The summed E-state index contributed by atoms with van der Waals surface area (Å²) in [4.78, 5) is 16.5. The van der Waals surface area contributed by atoms with Crippen molar-refractivity contribution in [1.29, 1.82) is 5.26 Å². The number of para-hydroxylation sites is 1. The molecule has 6 heteroatoms. The van der Waals surface area contributed by atoms with Crippen LogP contribution in [0.1, 0.15) is 15.9 Å². The molecule has 0 fully saturated rings. The van der Waals surface area contributed by atoms with Crippen LogP contribution >= 0.6 is 0 Å². The van der Waals surface area contributed by atoms with Crippen LogP contribution in [0.2, 0.25) is 0 Å². The summed E-state index contributed by atoms with van der Waals surface area (Å²) in [6.45, 7) is 0. The standard InChI is InChI=1S/C17H11FN4O/c18-14-6-5-12(7-11(14)9-19)21-17(23)13-8-10-3-1-2-4-15(10)22-16(13)20/h1-8H,(H2,20,22)(H,21,23). The fourth-order valence-corrected chi connectivity index (χ4v) is 2.20. The maximum Gasteiger partial charge on any atom is 0.259 e. The molecule has 112 valence electrons. The molecule has 0 saturated heterocycles. The van der Waals surface area contributed by atoms with Gasteiger partial charge in [0.05, 0.1) is 16.6 Å². The van der Waals surface area contributed by atoms with Crippen LogP contribution in [0.3, 0.4) is 0 Å². The predicted molar refractivity (Wildman–Crippen MR) is 85.2 cm³/mol. The second kappa shape index (κ2) is 5.73. The molecule has 1 aromatic heterocycles. The number of amides is 1. The number of hydrogen-bond acceptors (Lipinski definition) is 4. The van der Waals surface area contributed by atoms with Crippen molar-refractivity contribution >= 4 is 28.3 Å². The van der Waals surface area contributed by atoms with Crippen LogP contribution in [0.15, 0.2) is 48.5 Å². The minimum atomic E-state index is -0.641. The number of carbonyl (C=O) groups is 1. The largest absolute Gasteiger partial charge is 0.383 e. The molecule has 1 amide bonds. The van der Waals surface area contributed by atoms with Gasteiger partial charge in [-0.15, -0.1) is 0 Å². The first-order chi connectivity index (χ1) is 11.1. The van der Waals surface area contributed by atoms with Crippen LogP contribution in [0.4, 0.5) is 15.9 Å². The van der Waals surface area contributed by atoms with E-state index in [-0.39, 0.29) is 16.9 Å². The Bertz CT molecular complexity index is 962. The van der Waals surface area contributed by atoms with E-state index >= 15 is 0 Å². The number of nitrogens with two attached hydrogens (primary N) is 1. The van der Waals surface area contributed by atoms with Gasteiger partial charge in [0.1, 0.15) is 17.7 Å². The molecule has 0 unspecified atom stereocenters. The molecule has 0 spiro atoms. The van der Waals surface area contributed by atoms with Gasteiger partial charge in [0.15, 0.2) is 0 Å². The SMILES string of the molecule is N#Cc1cc(NC(=O)c2cc3ccccc3nc2N)ccc1F. The van der Waals surface area contributed by atoms with E-state index in [1.54, 1.807) is 18.2 Å². The Morgan fingerprint density at radius 1 is 1.22 bits per heavy atom. The van der Waals surface area contributed by atoms with E-state index in [0.29, 0.717) is 11.2 Å². The molecule has 23 heavy (non-hydrogen) atoms. The fourth-order valence-electron chi connectivity index (χ4n) is 2.20. The summed E-state index contributed by atoms with van der Waals surface area (Å²) >= 11 is 0. The average Bonchev–Trinajstić information content (AvgIpc) is 2.55. The van der Waals surface area contributed by atoms with Gasteiger partial charge in [0.25, 0.3) is 5.91 Å². The molecule has 3 aromatic rings. The van der Waals surface area contributed by atoms with Crippen molar-refractivity contribution in [2.75, 3.05) is 11.1 Å². The maximum absolute atomic E-state index is 13.3. The summed E-state index contributed by atoms with van der Waals surface area (Å²) in [5.41, 5.74) is 6.90. The summed E-state index contributed by atoms with van der Waals surface area (Å²) in [7, 11) is 0. The smallest absolute Gasteiger partial charge is 0.259 e. The monoisotopic (exact) mass is 306 g/mol. The lowest BCUT2D eigenvalue weighted by Crippen LogP contribution is -2.15. The number of nitrogens with one attached hydrogen (secondary N) is 1. The molecule has 1 heterocycles. The molecule has 3 rings (SSSR count). The maximum atomic E-state index is 13.3. The molecular weight excluding hydrogens is 295 g/mol. The van der Waals surface area contributed by atoms with Crippen molar-refractivity contribution in [3.05, 3.63) is 65.5 Å². The lowest BCUT2D eigenvalue weighted by Gasteiger charge is -2.09. The van der Waals surface area contributed by atoms with Gasteiger partial charge in [0.2, 0.25) is 0 Å². The zero-order chi connectivity index (χ0) is 16.4. The van der Waals surface area contributed by atoms with Crippen molar-refractivity contribution in [3.63, 3.8) is 0 Å². The third-order valence-electron chi connectivity index (χ3n) is 3.34. The number of nitrogens with zero attached hydrogens (tertiary/aromatic N) is 2. The van der Waals surface area contributed by atoms with E-state index in [0.717, 1.165) is 11.5 Å². The number of hydrogen-bond donors (Lipinski definition) is 2. The second-order valence-corrected chi connectivity index (χ2v) is 4.87. The Hall–Kier alpha value is -3.46. The lowest BCUT2D eigenvalue weighted by molar-refractivity contribution is 0.102. The molecule has 2 aromatic carbocycles. The molecule has 0 aliphatic rings. The Labute approximate surface area is 131 Å². The van der Waals surface area contributed by atoms with Gasteiger partial charge in [-0.3, -0.25) is 4.79 Å². The highest BCUT2D eigenvalue weighted by Gasteiger charge is 2.13. The Kier molecular flexibility index (Phi) is 3.61. The molecular formula is C17H11FN4O. The molecule has 0 saturated carbocycles. The van der Waals surface area contributed by atoms with Gasteiger partial charge < -0.3 is 11.1 Å². The molecule has 5 nitrogen and oxygen atoms in total. The molecule has 0 bridgehead atoms. The number of anilines is 2. The van der Waals surface area contributed by atoms with Gasteiger partial charge >= 0.3 is 0 Å². The summed E-state index contributed by atoms with van der Waals surface area (Å²) in [5.74, 6) is -1.02. The number of rotatable bonds is 2. The molecule has 0 radical (unpaired) electrons. The number of benzene rings is 2. The minimum Gasteiger partial charge on any atom is -0.383 e. The number of fused-ring (bicyclic) bond motifs is 1. The van der Waals surface area contributed by atoms with E-state index in [4.69, 9.17) is 11.0 Å². The summed E-state index contributed by atoms with van der Waals surface area (Å²) in [6, 6.07) is 14.4. The number of aromatic nitrogens is 1. The number of pyridine rings is 1. The molecule has 0 aliphatic carbocycles. The van der Waals surface area contributed by atoms with Crippen LogP contribution in [-0.4, -0.2) is 10.9 Å². The number of nitrogen functional groups attached to an aromatic ring is 1. The molecule has 3 N–H and O–H groups in total. The summed E-state index contributed by atoms with van der Waals surface area (Å²) in [6.07, 6.45) is 0. The van der Waals surface area contributed by atoms with E-state index in [2.05, 4.69) is 10.3 Å². The summed E-state index contributed by atoms with van der Waals surface area (Å²) in [5, 5.41) is 12.2. The van der Waals surface area contributed by atoms with Crippen molar-refractivity contribution < 1.29 is 9.18 Å². The van der Waals surface area contributed by atoms with Crippen LogP contribution < -0.4 is 11.1 Å². The third-order valence-corrected chi connectivity index (χ3v) is 3.34. The normalized spacial score (nSPS) is 10.3. The molecule has 0 aliphatic heterocycles. The zero-order valence-electron chi connectivity index (χ0n) is 11.9. The van der Waals surface area contributed by atoms with Gasteiger partial charge in [0, 0.05) is 11.1 Å². The minimum absolute atomic E-state index is 0.101. The number of halogens is 1. The van der Waals surface area contributed by atoms with Crippen LogP contribution in [0.5, 0.6) is 0 Å². The number of carbonyl (C=O) groups excluding carboxylic acids is 1. The lowest BCUT2D eigenvalue weighted by atomic mass is 10.1. The predicted octanol–water partition coefficient (Wildman–Crippen LogP) is 3.08. The fraction of sp³-hybridized carbons (Fsp3) is 0. The Morgan fingerprint density at radius 2 is 2.00 bits per heavy atom. The van der Waals surface area contributed by atoms with Crippen molar-refractivity contribution in [1.82, 2.24) is 4.98 Å². The van der Waals surface area contributed by atoms with E-state index in [1.165, 1.54) is 12.1 Å². The average molecular weight is 306 g/mol. The highest BCUT2D eigenvalue weighted by molar-refractivity contribution is 6.09. The molecule has 0 atom stereocenters. The van der Waals surface area contributed by atoms with Gasteiger partial charge in [-0.25, -0.2) is 9.37 Å². The highest BCUT2D eigenvalue weighted by atomic mass is 19.1. The van der Waals surface area contributed by atoms with Crippen LogP contribution in [-0.2, 0) is 0 Å². The highest BCUT2D eigenvalue weighted by Crippen LogP contribution is 2.20. The van der Waals surface area contributed by atoms with Crippen molar-refractivity contribution in [2.45, 2.75) is 0 Å². The Morgan fingerprint density at radius 3 is 2.78 bits per heavy atom. The summed E-state index contributed by atoms with van der Waals surface area (Å²) < 4.78 is 13.3. The van der Waals surface area contributed by atoms with Crippen LogP contribution in [0.25, 0.3) is 10.9 Å². The van der Waals surface area contributed by atoms with E-state index in [1.807, 2.05) is 18.2 Å². The van der Waals surface area contributed by atoms with Crippen LogP contribution in [0, 0.1) is 17.1 Å². The van der Waals surface area contributed by atoms with Crippen molar-refractivity contribution in [3.8, 4) is 6.07 Å².